The fraction of sp³-hybridized carbons (Fsp3) is 0.250. The van der Waals surface area contributed by atoms with Crippen molar-refractivity contribution in [2.24, 2.45) is 0 Å². The molecular formula is C12H15NO3. The van der Waals surface area contributed by atoms with Crippen LogP contribution in [0.15, 0.2) is 36.1 Å². The molecule has 0 aromatic heterocycles. The predicted molar refractivity (Wildman–Crippen MR) is 60.5 cm³/mol. The molecule has 0 aliphatic heterocycles. The lowest BCUT2D eigenvalue weighted by atomic mass is 10.1. The summed E-state index contributed by atoms with van der Waals surface area (Å²) >= 11 is 0. The van der Waals surface area contributed by atoms with E-state index in [1.807, 2.05) is 6.92 Å². The number of carbonyl (C=O) groups is 1. The van der Waals surface area contributed by atoms with Gasteiger partial charge in [-0.25, -0.2) is 0 Å². The van der Waals surface area contributed by atoms with E-state index in [0.29, 0.717) is 5.76 Å². The first-order valence-corrected chi connectivity index (χ1v) is 4.98. The van der Waals surface area contributed by atoms with Gasteiger partial charge >= 0.3 is 0 Å². The first kappa shape index (κ1) is 12.1. The number of aromatic hydroxyl groups is 1. The summed E-state index contributed by atoms with van der Waals surface area (Å²) in [5.74, 6) is 0.520. The van der Waals surface area contributed by atoms with Crippen LogP contribution in [0.4, 0.5) is 0 Å². The Morgan fingerprint density at radius 3 is 2.94 bits per heavy atom. The highest BCUT2D eigenvalue weighted by Gasteiger charge is 2.04. The largest absolute Gasteiger partial charge is 0.508 e. The number of nitrogens with one attached hydrogen (secondary N) is 1. The lowest BCUT2D eigenvalue weighted by Crippen LogP contribution is -2.24. The maximum atomic E-state index is 11.4. The van der Waals surface area contributed by atoms with Gasteiger partial charge in [0, 0.05) is 0 Å². The molecule has 1 rings (SSSR count). The van der Waals surface area contributed by atoms with Crippen LogP contribution in [-0.4, -0.2) is 11.0 Å². The summed E-state index contributed by atoms with van der Waals surface area (Å²) in [6.45, 7) is 3.56. The molecule has 1 aromatic carbocycles. The Morgan fingerprint density at radius 2 is 2.31 bits per heavy atom. The van der Waals surface area contributed by atoms with Gasteiger partial charge in [-0.2, -0.15) is 5.48 Å². The molecule has 0 aliphatic rings. The third-order valence-electron chi connectivity index (χ3n) is 2.01. The molecule has 2 N–H and O–H groups in total. The van der Waals surface area contributed by atoms with Gasteiger partial charge in [-0.1, -0.05) is 12.1 Å². The number of hydrogen-bond donors (Lipinski definition) is 2. The van der Waals surface area contributed by atoms with Crippen LogP contribution in [0.2, 0.25) is 0 Å². The molecule has 1 aromatic rings. The quantitative estimate of drug-likeness (QED) is 0.603. The van der Waals surface area contributed by atoms with Gasteiger partial charge < -0.3 is 9.94 Å². The fourth-order valence-corrected chi connectivity index (χ4v) is 1.08. The predicted octanol–water partition coefficient (Wildman–Crippen LogP) is 1.91. The van der Waals surface area contributed by atoms with Crippen LogP contribution >= 0.6 is 0 Å². The third-order valence-corrected chi connectivity index (χ3v) is 2.01. The second-order valence-corrected chi connectivity index (χ2v) is 3.37. The van der Waals surface area contributed by atoms with Gasteiger partial charge in [0.05, 0.1) is 6.42 Å². The van der Waals surface area contributed by atoms with Crippen molar-refractivity contribution in [1.29, 1.82) is 0 Å². The highest BCUT2D eigenvalue weighted by molar-refractivity contribution is 5.77. The summed E-state index contributed by atoms with van der Waals surface area (Å²) in [5.41, 5.74) is 3.05. The first-order valence-electron chi connectivity index (χ1n) is 4.98. The zero-order valence-electron chi connectivity index (χ0n) is 9.36. The van der Waals surface area contributed by atoms with E-state index >= 15 is 0 Å². The van der Waals surface area contributed by atoms with E-state index in [-0.39, 0.29) is 18.1 Å². The average molecular weight is 221 g/mol. The number of benzene rings is 1. The van der Waals surface area contributed by atoms with E-state index in [1.54, 1.807) is 37.3 Å². The average Bonchev–Trinajstić information content (AvgIpc) is 2.26. The van der Waals surface area contributed by atoms with Gasteiger partial charge in [-0.15, -0.1) is 0 Å². The maximum Gasteiger partial charge on any atom is 0.256 e. The van der Waals surface area contributed by atoms with Gasteiger partial charge in [-0.3, -0.25) is 4.79 Å². The van der Waals surface area contributed by atoms with Crippen molar-refractivity contribution in [2.75, 3.05) is 0 Å². The Bertz CT molecular complexity index is 399. The SMILES string of the molecule is CC=C(C)ONC(=O)Cc1cccc(O)c1. The van der Waals surface area contributed by atoms with Crippen LogP contribution in [0, 0.1) is 0 Å². The van der Waals surface area contributed by atoms with Crippen LogP contribution in [0.1, 0.15) is 19.4 Å². The molecule has 86 valence electrons. The smallest absolute Gasteiger partial charge is 0.256 e. The molecule has 0 aliphatic carbocycles. The molecule has 0 bridgehead atoms. The van der Waals surface area contributed by atoms with Crippen LogP contribution in [0.5, 0.6) is 5.75 Å². The number of hydroxylamine groups is 1. The Hall–Kier alpha value is -1.97. The maximum absolute atomic E-state index is 11.4. The Morgan fingerprint density at radius 1 is 1.56 bits per heavy atom. The molecule has 0 heterocycles. The Balaban J connectivity index is 2.46. The van der Waals surface area contributed by atoms with Crippen molar-refractivity contribution in [3.8, 4) is 5.75 Å². The van der Waals surface area contributed by atoms with Gasteiger partial charge in [0.2, 0.25) is 0 Å². The Labute approximate surface area is 94.5 Å². The van der Waals surface area contributed by atoms with Crippen molar-refractivity contribution >= 4 is 5.91 Å². The summed E-state index contributed by atoms with van der Waals surface area (Å²) < 4.78 is 0. The number of rotatable bonds is 4. The number of phenolic OH excluding ortho intramolecular Hbond substituents is 1. The molecule has 0 saturated heterocycles. The zero-order chi connectivity index (χ0) is 12.0. The van der Waals surface area contributed by atoms with E-state index in [1.165, 1.54) is 0 Å². The molecule has 0 atom stereocenters. The summed E-state index contributed by atoms with van der Waals surface area (Å²) in [7, 11) is 0. The highest BCUT2D eigenvalue weighted by Crippen LogP contribution is 2.11. The normalized spacial score (nSPS) is 11.0. The van der Waals surface area contributed by atoms with Crippen molar-refractivity contribution < 1.29 is 14.7 Å². The molecule has 0 saturated carbocycles. The van der Waals surface area contributed by atoms with Crippen molar-refractivity contribution in [3.63, 3.8) is 0 Å². The van der Waals surface area contributed by atoms with E-state index in [0.717, 1.165) is 5.56 Å². The molecule has 4 nitrogen and oxygen atoms in total. The summed E-state index contributed by atoms with van der Waals surface area (Å²) in [5, 5.41) is 9.21. The monoisotopic (exact) mass is 221 g/mol. The van der Waals surface area contributed by atoms with E-state index in [4.69, 9.17) is 4.84 Å². The molecule has 1 amide bonds. The van der Waals surface area contributed by atoms with Gasteiger partial charge in [0.1, 0.15) is 11.5 Å². The zero-order valence-corrected chi connectivity index (χ0v) is 9.36. The molecule has 0 spiro atoms. The molecule has 16 heavy (non-hydrogen) atoms. The molecule has 0 unspecified atom stereocenters. The molecule has 4 heteroatoms. The summed E-state index contributed by atoms with van der Waals surface area (Å²) in [6, 6.07) is 6.56. The van der Waals surface area contributed by atoms with Crippen molar-refractivity contribution in [3.05, 3.63) is 41.7 Å². The van der Waals surface area contributed by atoms with E-state index in [2.05, 4.69) is 5.48 Å². The summed E-state index contributed by atoms with van der Waals surface area (Å²) in [6.07, 6.45) is 1.92. The number of allylic oxidation sites excluding steroid dienone is 2. The van der Waals surface area contributed by atoms with Gasteiger partial charge in [-0.05, 0) is 37.6 Å². The van der Waals surface area contributed by atoms with Gasteiger partial charge in [0.15, 0.2) is 0 Å². The number of hydrogen-bond acceptors (Lipinski definition) is 3. The molecule has 0 fully saturated rings. The van der Waals surface area contributed by atoms with Gasteiger partial charge in [0.25, 0.3) is 5.91 Å². The first-order chi connectivity index (χ1) is 7.61. The molecule has 0 radical (unpaired) electrons. The third kappa shape index (κ3) is 4.04. The standard InChI is InChI=1S/C12H15NO3/c1-3-9(2)16-13-12(15)8-10-5-4-6-11(14)7-10/h3-7,14H,8H2,1-2H3,(H,13,15). The lowest BCUT2D eigenvalue weighted by molar-refractivity contribution is -0.129. The van der Waals surface area contributed by atoms with E-state index in [9.17, 15) is 9.90 Å². The Kier molecular flexibility index (Phi) is 4.39. The molecular weight excluding hydrogens is 206 g/mol. The minimum absolute atomic E-state index is 0.149. The van der Waals surface area contributed by atoms with Crippen LogP contribution in [0.25, 0.3) is 0 Å². The highest BCUT2D eigenvalue weighted by atomic mass is 16.7. The van der Waals surface area contributed by atoms with Crippen LogP contribution in [0.3, 0.4) is 0 Å². The number of carbonyl (C=O) groups excluding carboxylic acids is 1. The van der Waals surface area contributed by atoms with Crippen LogP contribution in [-0.2, 0) is 16.1 Å². The second-order valence-electron chi connectivity index (χ2n) is 3.37. The van der Waals surface area contributed by atoms with Crippen molar-refractivity contribution in [1.82, 2.24) is 5.48 Å². The second kappa shape index (κ2) is 5.80. The topological polar surface area (TPSA) is 58.6 Å². The number of phenols is 1. The fourth-order valence-electron chi connectivity index (χ4n) is 1.08. The van der Waals surface area contributed by atoms with Crippen LogP contribution < -0.4 is 5.48 Å². The summed E-state index contributed by atoms with van der Waals surface area (Å²) in [4.78, 5) is 16.4. The van der Waals surface area contributed by atoms with E-state index < -0.39 is 0 Å². The lowest BCUT2D eigenvalue weighted by Gasteiger charge is -2.06. The minimum atomic E-state index is -0.258. The number of amides is 1. The minimum Gasteiger partial charge on any atom is -0.508 e. The van der Waals surface area contributed by atoms with Crippen molar-refractivity contribution in [2.45, 2.75) is 20.3 Å².